The Morgan fingerprint density at radius 2 is 1.03 bits per heavy atom. The highest BCUT2D eigenvalue weighted by Crippen LogP contribution is 2.31. The number of azo groups is 2. The van der Waals surface area contributed by atoms with Crippen molar-refractivity contribution < 1.29 is 33.5 Å². The van der Waals surface area contributed by atoms with Crippen molar-refractivity contribution in [2.75, 3.05) is 33.0 Å². The van der Waals surface area contributed by atoms with Crippen LogP contribution in [0.4, 0.5) is 34.1 Å². The Labute approximate surface area is 404 Å². The van der Waals surface area contributed by atoms with E-state index in [0.717, 1.165) is 25.0 Å². The maximum absolute atomic E-state index is 13.5. The first-order chi connectivity index (χ1) is 31.5. The first-order valence-electron chi connectivity index (χ1n) is 19.9. The van der Waals surface area contributed by atoms with Crippen molar-refractivity contribution in [3.8, 4) is 5.75 Å². The number of ether oxygens (including phenoxy) is 1. The fraction of sp³-hybridized carbons (Fsp3) is 0.217. The van der Waals surface area contributed by atoms with Crippen LogP contribution in [0.1, 0.15) is 52.6 Å². The number of nitrogens with one attached hydrogen (secondary N) is 4. The number of ketones is 2. The predicted molar refractivity (Wildman–Crippen MR) is 258 cm³/mol. The molecule has 5 aromatic rings. The van der Waals surface area contributed by atoms with Crippen LogP contribution in [0, 0.1) is 0 Å². The smallest absolute Gasteiger partial charge is 0.258 e. The first kappa shape index (κ1) is 50.8. The molecule has 4 amide bonds. The number of carbonyl (C=O) groups is 6. The molecule has 0 aliphatic rings. The molecule has 3 unspecified atom stereocenters. The van der Waals surface area contributed by atoms with Gasteiger partial charge in [0.1, 0.15) is 5.75 Å². The Hall–Kier alpha value is -6.23. The molecule has 0 saturated carbocycles. The topological polar surface area (TPSA) is 209 Å². The third-order valence-corrected chi connectivity index (χ3v) is 9.97. The minimum absolute atomic E-state index is 0.0295. The Morgan fingerprint density at radius 3 is 1.47 bits per heavy atom. The van der Waals surface area contributed by atoms with Crippen molar-refractivity contribution in [2.45, 2.75) is 51.3 Å². The van der Waals surface area contributed by atoms with Gasteiger partial charge in [-0.1, -0.05) is 59.1 Å². The number of carbonyl (C=O) groups excluding carboxylic acids is 6. The van der Waals surface area contributed by atoms with Gasteiger partial charge in [0.05, 0.1) is 17.1 Å². The van der Waals surface area contributed by atoms with Crippen molar-refractivity contribution in [2.24, 2.45) is 20.5 Å². The monoisotopic (exact) mass is 992 g/mol. The number of aryl methyl sites for hydroxylation is 2. The van der Waals surface area contributed by atoms with Gasteiger partial charge in [0, 0.05) is 56.1 Å². The summed E-state index contributed by atoms with van der Waals surface area (Å²) in [6.45, 7) is 3.79. The second-order valence-corrected chi connectivity index (χ2v) is 16.6. The van der Waals surface area contributed by atoms with Crippen LogP contribution in [0.5, 0.6) is 5.75 Å². The zero-order chi connectivity index (χ0) is 47.9. The molecule has 20 heteroatoms. The number of amides is 4. The lowest BCUT2D eigenvalue weighted by atomic mass is 10.1. The lowest BCUT2D eigenvalue weighted by Gasteiger charge is -2.17. The van der Waals surface area contributed by atoms with Crippen LogP contribution in [0.2, 0.25) is 10.0 Å². The molecule has 66 heavy (non-hydrogen) atoms. The number of rotatable bonds is 20. The minimum atomic E-state index is -1.66. The molecule has 0 aliphatic carbocycles. The molecular formula is C46H41Cl5N8O7. The zero-order valence-corrected chi connectivity index (χ0v) is 39.2. The summed E-state index contributed by atoms with van der Waals surface area (Å²) >= 11 is 30.5. The van der Waals surface area contributed by atoms with Gasteiger partial charge >= 0.3 is 0 Å². The SMILES string of the molecule is CC(=O)C(N=Nc1cc(Cl)cc(C(=O)Nc2cccc(CCCl)c2)c1)C(=O)Nc1ccc(NC(=O)C(N=Nc2cc(Cl)cc(C(=O)Nc3cccc(CCCl)c3)c2)C(C)=O)c(OC(C)Cl)c1. The average Bonchev–Trinajstić information content (AvgIpc) is 3.24. The van der Waals surface area contributed by atoms with Crippen molar-refractivity contribution >= 4 is 127 Å². The number of benzene rings is 5. The Morgan fingerprint density at radius 1 is 0.576 bits per heavy atom. The summed E-state index contributed by atoms with van der Waals surface area (Å²) in [5.41, 5.74) is 2.63. The molecule has 15 nitrogen and oxygen atoms in total. The first-order valence-corrected chi connectivity index (χ1v) is 22.2. The number of Topliss-reactive ketones (excluding diaryl/α,β-unsaturated/α-hetero) is 2. The lowest BCUT2D eigenvalue weighted by molar-refractivity contribution is -0.127. The van der Waals surface area contributed by atoms with Crippen LogP contribution in [0.25, 0.3) is 0 Å². The second kappa shape index (κ2) is 24.3. The fourth-order valence-corrected chi connectivity index (χ4v) is 7.02. The van der Waals surface area contributed by atoms with Gasteiger partial charge in [-0.25, -0.2) is 0 Å². The van der Waals surface area contributed by atoms with Crippen LogP contribution >= 0.6 is 58.0 Å². The fourth-order valence-electron chi connectivity index (χ4n) is 6.03. The Balaban J connectivity index is 1.28. The van der Waals surface area contributed by atoms with Gasteiger partial charge in [0.2, 0.25) is 12.1 Å². The molecular weight excluding hydrogens is 954 g/mol. The number of nitrogens with zero attached hydrogens (tertiary/aromatic N) is 4. The van der Waals surface area contributed by atoms with Crippen molar-refractivity contribution in [3.63, 3.8) is 0 Å². The van der Waals surface area contributed by atoms with Crippen molar-refractivity contribution in [1.29, 1.82) is 0 Å². The summed E-state index contributed by atoms with van der Waals surface area (Å²) in [5, 5.41) is 27.1. The van der Waals surface area contributed by atoms with Crippen molar-refractivity contribution in [1.82, 2.24) is 0 Å². The van der Waals surface area contributed by atoms with Crippen LogP contribution in [-0.2, 0) is 32.0 Å². The zero-order valence-electron chi connectivity index (χ0n) is 35.4. The largest absolute Gasteiger partial charge is 0.473 e. The van der Waals surface area contributed by atoms with Gasteiger partial charge in [0.15, 0.2) is 17.1 Å². The second-order valence-electron chi connectivity index (χ2n) is 14.4. The molecule has 0 radical (unpaired) electrons. The van der Waals surface area contributed by atoms with Gasteiger partial charge in [-0.3, -0.25) is 28.8 Å². The van der Waals surface area contributed by atoms with E-state index in [9.17, 15) is 28.8 Å². The van der Waals surface area contributed by atoms with E-state index in [1.165, 1.54) is 61.5 Å². The molecule has 0 bridgehead atoms. The molecule has 342 valence electrons. The van der Waals surface area contributed by atoms with E-state index < -0.39 is 52.8 Å². The van der Waals surface area contributed by atoms with E-state index in [1.807, 2.05) is 12.1 Å². The molecule has 0 aliphatic heterocycles. The maximum Gasteiger partial charge on any atom is 0.258 e. The highest BCUT2D eigenvalue weighted by atomic mass is 35.5. The minimum Gasteiger partial charge on any atom is -0.473 e. The van der Waals surface area contributed by atoms with E-state index >= 15 is 0 Å². The number of anilines is 4. The molecule has 0 fully saturated rings. The summed E-state index contributed by atoms with van der Waals surface area (Å²) in [7, 11) is 0. The average molecular weight is 995 g/mol. The Bertz CT molecular complexity index is 2700. The standard InChI is InChI=1S/C46H41Cl5N8O7/c1-25(60)41(58-56-37-20-30(18-32(50)22-37)43(62)52-34-8-4-6-28(16-34)12-14-47)45(64)54-36-10-11-39(40(24-36)66-27(3)49)55-46(65)42(26(2)61)59-57-38-21-31(19-33(51)23-38)44(63)53-35-9-5-7-29(17-35)13-15-48/h4-11,16-24,27,41-42H,12-15H2,1-3H3,(H,52,62)(H,53,63)(H,54,64)(H,55,65). The summed E-state index contributed by atoms with van der Waals surface area (Å²) < 4.78 is 5.70. The summed E-state index contributed by atoms with van der Waals surface area (Å²) in [6, 6.07) is 23.6. The summed E-state index contributed by atoms with van der Waals surface area (Å²) in [4.78, 5) is 78.5. The summed E-state index contributed by atoms with van der Waals surface area (Å²) in [5.74, 6) is -3.28. The predicted octanol–water partition coefficient (Wildman–Crippen LogP) is 11.4. The van der Waals surface area contributed by atoms with Gasteiger partial charge in [-0.05, 0) is 118 Å². The van der Waals surface area contributed by atoms with Crippen molar-refractivity contribution in [3.05, 3.63) is 135 Å². The molecule has 0 saturated heterocycles. The normalized spacial score (nSPS) is 12.5. The number of hydrogen-bond donors (Lipinski definition) is 4. The van der Waals surface area contributed by atoms with Gasteiger partial charge < -0.3 is 26.0 Å². The highest BCUT2D eigenvalue weighted by molar-refractivity contribution is 6.32. The van der Waals surface area contributed by atoms with E-state index in [0.29, 0.717) is 36.0 Å². The third-order valence-electron chi connectivity index (χ3n) is 9.07. The third kappa shape index (κ3) is 15.2. The Kier molecular flexibility index (Phi) is 18.7. The molecule has 4 N–H and O–H groups in total. The van der Waals surface area contributed by atoms with E-state index in [-0.39, 0.29) is 49.7 Å². The molecule has 5 rings (SSSR count). The molecule has 3 atom stereocenters. The molecule has 0 aromatic heterocycles. The highest BCUT2D eigenvalue weighted by Gasteiger charge is 2.27. The molecule has 0 spiro atoms. The van der Waals surface area contributed by atoms with Crippen LogP contribution in [0.15, 0.2) is 124 Å². The van der Waals surface area contributed by atoms with E-state index in [1.54, 1.807) is 36.4 Å². The van der Waals surface area contributed by atoms with Crippen LogP contribution < -0.4 is 26.0 Å². The molecule has 5 aromatic carbocycles. The summed E-state index contributed by atoms with van der Waals surface area (Å²) in [6.07, 6.45) is 1.24. The van der Waals surface area contributed by atoms with Gasteiger partial charge in [-0.2, -0.15) is 20.5 Å². The molecule has 0 heterocycles. The van der Waals surface area contributed by atoms with Crippen LogP contribution in [0.3, 0.4) is 0 Å². The van der Waals surface area contributed by atoms with E-state index in [2.05, 4.69) is 41.7 Å². The van der Waals surface area contributed by atoms with Crippen LogP contribution in [-0.4, -0.2) is 64.6 Å². The van der Waals surface area contributed by atoms with E-state index in [4.69, 9.17) is 62.7 Å². The number of alkyl halides is 3. The number of halogens is 5. The lowest BCUT2D eigenvalue weighted by Crippen LogP contribution is -2.32. The quantitative estimate of drug-likeness (QED) is 0.0336. The van der Waals surface area contributed by atoms with Gasteiger partial charge in [0.25, 0.3) is 23.6 Å². The van der Waals surface area contributed by atoms with Gasteiger partial charge in [-0.15, -0.1) is 23.2 Å². The maximum atomic E-state index is 13.5. The number of hydrogen-bond acceptors (Lipinski definition) is 11.